The van der Waals surface area contributed by atoms with Crippen LogP contribution in [-0.2, 0) is 32.0 Å². The Balaban J connectivity index is 1.54. The number of amides is 5. The predicted molar refractivity (Wildman–Crippen MR) is 266 cm³/mol. The lowest BCUT2D eigenvalue weighted by molar-refractivity contribution is -0.141. The standard InChI is InChI=1S/C52H69N9O7/c1-5-6-10-35-12-15-37(16-13-35)38-17-19-39(20-18-38)49(63)59-43(11-7-8-24-53)52(66)61(4)47-40-21-23-46(68-30-26-55)42(33-40)41-31-36(14-22-45(41)67-29-25-54)32-44(50(64)57-28-9-27-56-3)60-48(62)34(2)58-51(47)65/h12-23,31,33-34,43-44,47H,3,5-11,24-30,32,53-55H2,1-2,4H3,(H,57,64)(H,58,65)(H,59,63)(H,60,62)/t34-,43-,44-,47-/m0/s1. The van der Waals surface area contributed by atoms with Crippen molar-refractivity contribution in [3.63, 3.8) is 0 Å². The zero-order valence-corrected chi connectivity index (χ0v) is 39.7. The number of carbonyl (C=O) groups excluding carboxylic acids is 5. The summed E-state index contributed by atoms with van der Waals surface area (Å²) >= 11 is 0. The molecule has 4 bridgehead atoms. The Morgan fingerprint density at radius 2 is 1.46 bits per heavy atom. The van der Waals surface area contributed by atoms with Crippen molar-refractivity contribution in [1.29, 1.82) is 0 Å². The van der Waals surface area contributed by atoms with Crippen LogP contribution >= 0.6 is 0 Å². The van der Waals surface area contributed by atoms with Crippen LogP contribution in [0.2, 0.25) is 0 Å². The van der Waals surface area contributed by atoms with Gasteiger partial charge in [-0.15, -0.1) is 0 Å². The summed E-state index contributed by atoms with van der Waals surface area (Å²) in [5.74, 6) is -1.88. The maximum Gasteiger partial charge on any atom is 0.251 e. The predicted octanol–water partition coefficient (Wildman–Crippen LogP) is 4.22. The minimum Gasteiger partial charge on any atom is -0.492 e. The molecule has 5 rings (SSSR count). The van der Waals surface area contributed by atoms with E-state index in [1.54, 1.807) is 42.5 Å². The molecule has 4 aromatic rings. The molecule has 1 aliphatic heterocycles. The Labute approximate surface area is 400 Å². The van der Waals surface area contributed by atoms with Gasteiger partial charge in [0.15, 0.2) is 0 Å². The van der Waals surface area contributed by atoms with Crippen LogP contribution in [0.3, 0.4) is 0 Å². The SMILES string of the molecule is C=NCCCNC(=O)[C@@H]1Cc2ccc(OCCN)c(c2)-c2cc(ccc2OCCN)[C@H](N(C)C(=O)[C@H](CCCCN)NC(=O)c2ccc(-c3ccc(CCCC)cc3)cc2)C(=O)N[C@@H](C)C(=O)N1. The number of aliphatic imine (C=N–C) groups is 1. The summed E-state index contributed by atoms with van der Waals surface area (Å²) in [6, 6.07) is 21.5. The zero-order valence-electron chi connectivity index (χ0n) is 39.7. The minimum atomic E-state index is -1.33. The number of nitrogens with one attached hydrogen (secondary N) is 4. The first-order valence-electron chi connectivity index (χ1n) is 23.6. The fourth-order valence-corrected chi connectivity index (χ4v) is 8.03. The number of nitrogens with zero attached hydrogens (tertiary/aromatic N) is 2. The van der Waals surface area contributed by atoms with E-state index >= 15 is 0 Å². The summed E-state index contributed by atoms with van der Waals surface area (Å²) in [7, 11) is 1.49. The van der Waals surface area contributed by atoms with Gasteiger partial charge in [-0.2, -0.15) is 0 Å². The second kappa shape index (κ2) is 26.6. The Morgan fingerprint density at radius 1 is 0.809 bits per heavy atom. The molecule has 1 heterocycles. The van der Waals surface area contributed by atoms with Gasteiger partial charge >= 0.3 is 0 Å². The molecule has 0 radical (unpaired) electrons. The van der Waals surface area contributed by atoms with E-state index in [1.165, 1.54) is 24.4 Å². The lowest BCUT2D eigenvalue weighted by Crippen LogP contribution is -2.56. The van der Waals surface area contributed by atoms with E-state index in [1.807, 2.05) is 18.2 Å². The maximum atomic E-state index is 14.9. The molecular formula is C52H69N9O7. The molecule has 4 atom stereocenters. The Kier molecular flexibility index (Phi) is 20.5. The smallest absolute Gasteiger partial charge is 0.251 e. The highest BCUT2D eigenvalue weighted by Crippen LogP contribution is 2.40. The van der Waals surface area contributed by atoms with Crippen molar-refractivity contribution in [2.24, 2.45) is 22.2 Å². The van der Waals surface area contributed by atoms with Crippen LogP contribution in [-0.4, -0.2) is 112 Å². The van der Waals surface area contributed by atoms with Crippen LogP contribution in [0.5, 0.6) is 11.5 Å². The molecule has 0 unspecified atom stereocenters. The first-order chi connectivity index (χ1) is 32.9. The van der Waals surface area contributed by atoms with Crippen molar-refractivity contribution in [1.82, 2.24) is 26.2 Å². The Bertz CT molecular complexity index is 2320. The molecule has 4 aromatic carbocycles. The number of likely N-dealkylation sites (N-methyl/N-ethyl adjacent to an activating group) is 1. The van der Waals surface area contributed by atoms with Crippen LogP contribution in [0.4, 0.5) is 0 Å². The molecule has 16 heteroatoms. The van der Waals surface area contributed by atoms with E-state index in [4.69, 9.17) is 26.7 Å². The van der Waals surface area contributed by atoms with Crippen molar-refractivity contribution in [2.45, 2.75) is 89.4 Å². The van der Waals surface area contributed by atoms with Gasteiger partial charge < -0.3 is 57.8 Å². The number of aryl methyl sites for hydroxylation is 1. The fraction of sp³-hybridized carbons (Fsp3) is 0.423. The van der Waals surface area contributed by atoms with Crippen LogP contribution in [0.15, 0.2) is 89.9 Å². The van der Waals surface area contributed by atoms with Crippen molar-refractivity contribution in [3.8, 4) is 33.8 Å². The molecule has 68 heavy (non-hydrogen) atoms. The molecule has 5 amide bonds. The number of hydrogen-bond donors (Lipinski definition) is 7. The number of hydrogen-bond acceptors (Lipinski definition) is 11. The topological polar surface area (TPSA) is 246 Å². The first-order valence-corrected chi connectivity index (χ1v) is 23.6. The molecule has 0 spiro atoms. The zero-order chi connectivity index (χ0) is 49.0. The van der Waals surface area contributed by atoms with E-state index in [0.717, 1.165) is 30.4 Å². The van der Waals surface area contributed by atoms with Gasteiger partial charge in [-0.25, -0.2) is 0 Å². The number of fused-ring (bicyclic) bond motifs is 5. The molecule has 0 aromatic heterocycles. The van der Waals surface area contributed by atoms with Gasteiger partial charge in [0.1, 0.15) is 48.9 Å². The summed E-state index contributed by atoms with van der Waals surface area (Å²) in [6.45, 7) is 9.09. The van der Waals surface area contributed by atoms with Gasteiger partial charge in [0.25, 0.3) is 5.91 Å². The number of nitrogens with two attached hydrogens (primary N) is 3. The molecule has 0 aliphatic carbocycles. The number of ether oxygens (including phenoxy) is 2. The van der Waals surface area contributed by atoms with Crippen molar-refractivity contribution >= 4 is 36.3 Å². The van der Waals surface area contributed by atoms with Crippen LogP contribution in [0.25, 0.3) is 22.3 Å². The van der Waals surface area contributed by atoms with Gasteiger partial charge in [-0.05, 0) is 123 Å². The summed E-state index contributed by atoms with van der Waals surface area (Å²) in [6.07, 6.45) is 5.26. The van der Waals surface area contributed by atoms with Gasteiger partial charge in [0, 0.05) is 56.3 Å². The largest absolute Gasteiger partial charge is 0.492 e. The van der Waals surface area contributed by atoms with Gasteiger partial charge in [0.05, 0.1) is 0 Å². The number of unbranched alkanes of at least 4 members (excludes halogenated alkanes) is 2. The van der Waals surface area contributed by atoms with E-state index in [-0.39, 0.29) is 39.1 Å². The third-order valence-electron chi connectivity index (χ3n) is 11.8. The molecule has 0 saturated carbocycles. The van der Waals surface area contributed by atoms with E-state index in [2.05, 4.69) is 64.2 Å². The molecule has 1 aliphatic rings. The molecule has 364 valence electrons. The summed E-state index contributed by atoms with van der Waals surface area (Å²) < 4.78 is 12.3. The monoisotopic (exact) mass is 932 g/mol. The molecule has 10 N–H and O–H groups in total. The number of benzene rings is 4. The third-order valence-corrected chi connectivity index (χ3v) is 11.8. The average molecular weight is 932 g/mol. The van der Waals surface area contributed by atoms with E-state index in [9.17, 15) is 24.0 Å². The number of carbonyl (C=O) groups is 5. The minimum absolute atomic E-state index is 0.0923. The van der Waals surface area contributed by atoms with E-state index < -0.39 is 53.7 Å². The quantitative estimate of drug-likeness (QED) is 0.0413. The van der Waals surface area contributed by atoms with Crippen LogP contribution in [0, 0.1) is 0 Å². The normalized spacial score (nSPS) is 16.3. The Hall–Kier alpha value is -6.62. The fourth-order valence-electron chi connectivity index (χ4n) is 8.03. The summed E-state index contributed by atoms with van der Waals surface area (Å²) in [5, 5.41) is 11.4. The van der Waals surface area contributed by atoms with Gasteiger partial charge in [-0.3, -0.25) is 24.0 Å². The van der Waals surface area contributed by atoms with Crippen molar-refractivity contribution < 1.29 is 33.4 Å². The molecule has 16 nitrogen and oxygen atoms in total. The summed E-state index contributed by atoms with van der Waals surface area (Å²) in [5.41, 5.74) is 23.3. The lowest BCUT2D eigenvalue weighted by Gasteiger charge is -2.33. The van der Waals surface area contributed by atoms with E-state index in [0.29, 0.717) is 78.2 Å². The third kappa shape index (κ3) is 14.4. The van der Waals surface area contributed by atoms with Crippen LogP contribution in [0.1, 0.15) is 85.5 Å². The second-order valence-corrected chi connectivity index (χ2v) is 17.0. The summed E-state index contributed by atoms with van der Waals surface area (Å²) in [4.78, 5) is 76.2. The van der Waals surface area contributed by atoms with Crippen molar-refractivity contribution in [3.05, 3.63) is 107 Å². The Morgan fingerprint density at radius 3 is 2.09 bits per heavy atom. The molecular weight excluding hydrogens is 863 g/mol. The lowest BCUT2D eigenvalue weighted by atomic mass is 9.93. The van der Waals surface area contributed by atoms with Crippen LogP contribution < -0.4 is 47.9 Å². The van der Waals surface area contributed by atoms with Gasteiger partial charge in [0.2, 0.25) is 23.6 Å². The second-order valence-electron chi connectivity index (χ2n) is 17.0. The molecule has 0 fully saturated rings. The maximum absolute atomic E-state index is 14.9. The highest BCUT2D eigenvalue weighted by Gasteiger charge is 2.36. The van der Waals surface area contributed by atoms with Gasteiger partial charge in [-0.1, -0.05) is 61.9 Å². The first kappa shape index (κ1) is 52.4. The average Bonchev–Trinajstić information content (AvgIpc) is 3.35. The highest BCUT2D eigenvalue weighted by atomic mass is 16.5. The highest BCUT2D eigenvalue weighted by molar-refractivity contribution is 5.99. The van der Waals surface area contributed by atoms with Crippen molar-refractivity contribution in [2.75, 3.05) is 53.0 Å². The molecule has 0 saturated heterocycles. The number of rotatable bonds is 23.